The highest BCUT2D eigenvalue weighted by atomic mass is 16.4. The van der Waals surface area contributed by atoms with Crippen LogP contribution in [0.4, 0.5) is 5.82 Å². The van der Waals surface area contributed by atoms with Crippen molar-refractivity contribution in [1.29, 1.82) is 0 Å². The topological polar surface area (TPSA) is 56.7 Å². The number of aryl methyl sites for hydroxylation is 1. The van der Waals surface area contributed by atoms with Crippen LogP contribution >= 0.6 is 0 Å². The summed E-state index contributed by atoms with van der Waals surface area (Å²) in [6, 6.07) is 1.74. The van der Waals surface area contributed by atoms with Gasteiger partial charge in [-0.25, -0.2) is 9.78 Å². The summed E-state index contributed by atoms with van der Waals surface area (Å²) in [5.41, 5.74) is 1.09. The third-order valence-corrected chi connectivity index (χ3v) is 3.97. The predicted molar refractivity (Wildman–Crippen MR) is 74.9 cm³/mol. The molecule has 0 atom stereocenters. The summed E-state index contributed by atoms with van der Waals surface area (Å²) in [5, 5.41) is 9.38. The van der Waals surface area contributed by atoms with Crippen molar-refractivity contribution in [2.45, 2.75) is 26.3 Å². The molecule has 0 aliphatic carbocycles. The minimum atomic E-state index is -0.905. The van der Waals surface area contributed by atoms with Gasteiger partial charge >= 0.3 is 5.97 Å². The first-order valence-corrected chi connectivity index (χ1v) is 6.48. The maximum Gasteiger partial charge on any atom is 0.339 e. The fourth-order valence-electron chi connectivity index (χ4n) is 2.47. The van der Waals surface area contributed by atoms with Gasteiger partial charge in [0, 0.05) is 31.4 Å². The van der Waals surface area contributed by atoms with Gasteiger partial charge in [0.1, 0.15) is 11.4 Å². The first kappa shape index (κ1) is 13.8. The molecule has 5 heteroatoms. The largest absolute Gasteiger partial charge is 0.478 e. The average molecular weight is 263 g/mol. The van der Waals surface area contributed by atoms with Crippen molar-refractivity contribution in [2.75, 3.05) is 31.6 Å². The second kappa shape index (κ2) is 4.81. The predicted octanol–water partition coefficient (Wildman–Crippen LogP) is 1.62. The zero-order valence-electron chi connectivity index (χ0n) is 12.0. The Morgan fingerprint density at radius 2 is 2.11 bits per heavy atom. The smallest absolute Gasteiger partial charge is 0.339 e. The van der Waals surface area contributed by atoms with Crippen LogP contribution < -0.4 is 4.90 Å². The van der Waals surface area contributed by atoms with Gasteiger partial charge in [-0.05, 0) is 39.4 Å². The Bertz CT molecular complexity index is 499. The Morgan fingerprint density at radius 1 is 1.42 bits per heavy atom. The van der Waals surface area contributed by atoms with Crippen LogP contribution in [-0.2, 0) is 0 Å². The number of likely N-dealkylation sites (N-methyl/N-ethyl adjacent to an activating group) is 1. The molecule has 1 aliphatic rings. The molecule has 0 amide bonds. The standard InChI is InChI=1S/C14H21N3O2/c1-10-5-6-15-12(11(10)13(18)19)17-8-7-16(4)14(2,3)9-17/h5-6H,7-9H2,1-4H3,(H,18,19). The zero-order valence-corrected chi connectivity index (χ0v) is 12.0. The summed E-state index contributed by atoms with van der Waals surface area (Å²) in [4.78, 5) is 20.1. The van der Waals surface area contributed by atoms with Gasteiger partial charge in [0.15, 0.2) is 0 Å². The van der Waals surface area contributed by atoms with Crippen LogP contribution in [0.3, 0.4) is 0 Å². The molecular weight excluding hydrogens is 242 g/mol. The fourth-order valence-corrected chi connectivity index (χ4v) is 2.47. The van der Waals surface area contributed by atoms with E-state index in [1.54, 1.807) is 12.3 Å². The monoisotopic (exact) mass is 263 g/mol. The molecule has 1 fully saturated rings. The minimum absolute atomic E-state index is 0.0133. The molecule has 1 saturated heterocycles. The second-order valence-electron chi connectivity index (χ2n) is 5.79. The first-order valence-electron chi connectivity index (χ1n) is 6.48. The van der Waals surface area contributed by atoms with E-state index >= 15 is 0 Å². The number of aromatic carboxylic acids is 1. The molecule has 2 rings (SSSR count). The summed E-state index contributed by atoms with van der Waals surface area (Å²) in [6.45, 7) is 8.62. The van der Waals surface area contributed by atoms with Crippen molar-refractivity contribution in [2.24, 2.45) is 0 Å². The summed E-state index contributed by atoms with van der Waals surface area (Å²) in [5.74, 6) is -0.314. The molecule has 1 aliphatic heterocycles. The molecule has 0 radical (unpaired) electrons. The van der Waals surface area contributed by atoms with Crippen LogP contribution in [0.2, 0.25) is 0 Å². The van der Waals surface area contributed by atoms with Crippen molar-refractivity contribution < 1.29 is 9.90 Å². The van der Waals surface area contributed by atoms with E-state index in [1.807, 2.05) is 6.92 Å². The molecule has 5 nitrogen and oxygen atoms in total. The van der Waals surface area contributed by atoms with Crippen molar-refractivity contribution in [3.05, 3.63) is 23.4 Å². The number of rotatable bonds is 2. The number of carbonyl (C=O) groups is 1. The van der Waals surface area contributed by atoms with Gasteiger partial charge in [0.05, 0.1) is 0 Å². The maximum absolute atomic E-state index is 11.4. The van der Waals surface area contributed by atoms with Crippen LogP contribution in [0, 0.1) is 6.92 Å². The van der Waals surface area contributed by atoms with E-state index in [2.05, 4.69) is 35.7 Å². The number of aromatic nitrogens is 1. The second-order valence-corrected chi connectivity index (χ2v) is 5.79. The third-order valence-electron chi connectivity index (χ3n) is 3.97. The number of pyridine rings is 1. The van der Waals surface area contributed by atoms with Crippen molar-refractivity contribution >= 4 is 11.8 Å². The fraction of sp³-hybridized carbons (Fsp3) is 0.571. The number of hydrogen-bond acceptors (Lipinski definition) is 4. The number of carboxylic acid groups (broad SMARTS) is 1. The molecule has 0 aromatic carbocycles. The van der Waals surface area contributed by atoms with Gasteiger partial charge in [-0.1, -0.05) is 0 Å². The van der Waals surface area contributed by atoms with E-state index in [0.29, 0.717) is 11.4 Å². The van der Waals surface area contributed by atoms with Gasteiger partial charge in [0.25, 0.3) is 0 Å². The van der Waals surface area contributed by atoms with Crippen LogP contribution in [0.5, 0.6) is 0 Å². The molecule has 1 N–H and O–H groups in total. The van der Waals surface area contributed by atoms with E-state index < -0.39 is 5.97 Å². The Morgan fingerprint density at radius 3 is 2.68 bits per heavy atom. The van der Waals surface area contributed by atoms with Gasteiger partial charge in [-0.2, -0.15) is 0 Å². The number of hydrogen-bond donors (Lipinski definition) is 1. The molecule has 1 aromatic heterocycles. The van der Waals surface area contributed by atoms with E-state index in [1.165, 1.54) is 0 Å². The molecule has 0 saturated carbocycles. The SMILES string of the molecule is Cc1ccnc(N2CCN(C)C(C)(C)C2)c1C(=O)O. The minimum Gasteiger partial charge on any atom is -0.478 e. The molecular formula is C14H21N3O2. The lowest BCUT2D eigenvalue weighted by Crippen LogP contribution is -2.58. The Balaban J connectivity index is 2.38. The summed E-state index contributed by atoms with van der Waals surface area (Å²) >= 11 is 0. The molecule has 0 unspecified atom stereocenters. The van der Waals surface area contributed by atoms with Gasteiger partial charge in [0.2, 0.25) is 0 Å². The average Bonchev–Trinajstić information content (AvgIpc) is 2.31. The van der Waals surface area contributed by atoms with E-state index in [0.717, 1.165) is 25.2 Å². The van der Waals surface area contributed by atoms with Gasteiger partial charge in [-0.15, -0.1) is 0 Å². The van der Waals surface area contributed by atoms with Gasteiger partial charge in [-0.3, -0.25) is 4.90 Å². The van der Waals surface area contributed by atoms with Crippen LogP contribution in [0.25, 0.3) is 0 Å². The normalized spacial score (nSPS) is 19.5. The number of nitrogens with zero attached hydrogens (tertiary/aromatic N) is 3. The number of carboxylic acids is 1. The molecule has 104 valence electrons. The van der Waals surface area contributed by atoms with Crippen LogP contribution in [0.15, 0.2) is 12.3 Å². The first-order chi connectivity index (χ1) is 8.83. The number of piperazine rings is 1. The zero-order chi connectivity index (χ0) is 14.2. The molecule has 19 heavy (non-hydrogen) atoms. The quantitative estimate of drug-likeness (QED) is 0.878. The molecule has 2 heterocycles. The Labute approximate surface area is 113 Å². The summed E-state index contributed by atoms with van der Waals surface area (Å²) in [6.07, 6.45) is 1.68. The lowest BCUT2D eigenvalue weighted by Gasteiger charge is -2.46. The van der Waals surface area contributed by atoms with Crippen molar-refractivity contribution in [3.8, 4) is 0 Å². The lowest BCUT2D eigenvalue weighted by atomic mass is 9.99. The van der Waals surface area contributed by atoms with E-state index in [9.17, 15) is 9.90 Å². The highest BCUT2D eigenvalue weighted by molar-refractivity contribution is 5.95. The van der Waals surface area contributed by atoms with Crippen molar-refractivity contribution in [3.63, 3.8) is 0 Å². The van der Waals surface area contributed by atoms with Gasteiger partial charge < -0.3 is 10.0 Å². The van der Waals surface area contributed by atoms with Crippen molar-refractivity contribution in [1.82, 2.24) is 9.88 Å². The lowest BCUT2D eigenvalue weighted by molar-refractivity contribution is 0.0695. The summed E-state index contributed by atoms with van der Waals surface area (Å²) in [7, 11) is 2.10. The Kier molecular flexibility index (Phi) is 3.49. The molecule has 0 spiro atoms. The maximum atomic E-state index is 11.4. The van der Waals surface area contributed by atoms with E-state index in [-0.39, 0.29) is 5.54 Å². The van der Waals surface area contributed by atoms with Crippen LogP contribution in [0.1, 0.15) is 29.8 Å². The molecule has 0 bridgehead atoms. The third kappa shape index (κ3) is 2.56. The number of anilines is 1. The molecule has 1 aromatic rings. The Hall–Kier alpha value is -1.62. The summed E-state index contributed by atoms with van der Waals surface area (Å²) < 4.78 is 0. The van der Waals surface area contributed by atoms with Crippen LogP contribution in [-0.4, -0.2) is 53.2 Å². The highest BCUT2D eigenvalue weighted by Crippen LogP contribution is 2.27. The highest BCUT2D eigenvalue weighted by Gasteiger charge is 2.33. The van der Waals surface area contributed by atoms with E-state index in [4.69, 9.17) is 0 Å².